The Hall–Kier alpha value is -2.29. The molecule has 1 N–H and O–H groups in total. The predicted molar refractivity (Wildman–Crippen MR) is 152 cm³/mol. The van der Waals surface area contributed by atoms with Crippen LogP contribution in [0.5, 0.6) is 0 Å². The van der Waals surface area contributed by atoms with E-state index >= 15 is 0 Å². The lowest BCUT2D eigenvalue weighted by Gasteiger charge is -2.34. The predicted octanol–water partition coefficient (Wildman–Crippen LogP) is 5.60. The van der Waals surface area contributed by atoms with E-state index in [-0.39, 0.29) is 18.4 Å². The summed E-state index contributed by atoms with van der Waals surface area (Å²) in [4.78, 5) is 28.4. The molecule has 10 heteroatoms. The highest BCUT2D eigenvalue weighted by Crippen LogP contribution is 2.26. The maximum Gasteiger partial charge on any atom is 0.244 e. The van der Waals surface area contributed by atoms with Gasteiger partial charge in [-0.05, 0) is 68.5 Å². The van der Waals surface area contributed by atoms with Crippen LogP contribution < -0.4 is 9.62 Å². The Morgan fingerprint density at radius 2 is 1.62 bits per heavy atom. The number of anilines is 1. The van der Waals surface area contributed by atoms with Crippen LogP contribution in [0.1, 0.15) is 65.0 Å². The summed E-state index contributed by atoms with van der Waals surface area (Å²) in [5, 5.41) is 3.72. The Balaban J connectivity index is 2.49. The minimum Gasteiger partial charge on any atom is -0.350 e. The van der Waals surface area contributed by atoms with Crippen LogP contribution in [0.25, 0.3) is 0 Å². The number of hydrogen-bond donors (Lipinski definition) is 1. The van der Waals surface area contributed by atoms with Crippen LogP contribution in [0.15, 0.2) is 42.5 Å². The van der Waals surface area contributed by atoms with E-state index in [4.69, 9.17) is 23.2 Å². The molecule has 1 atom stereocenters. The maximum atomic E-state index is 13.8. The van der Waals surface area contributed by atoms with Gasteiger partial charge in [0.05, 0.1) is 11.9 Å². The monoisotopic (exact) mass is 569 g/mol. The van der Waals surface area contributed by atoms with Gasteiger partial charge in [0, 0.05) is 22.1 Å². The molecule has 0 aliphatic rings. The van der Waals surface area contributed by atoms with Gasteiger partial charge < -0.3 is 10.2 Å². The minimum atomic E-state index is -3.81. The second-order valence-corrected chi connectivity index (χ2v) is 13.2. The number of benzene rings is 2. The third-order valence-corrected chi connectivity index (χ3v) is 7.49. The Kier molecular flexibility index (Phi) is 10.5. The van der Waals surface area contributed by atoms with Crippen molar-refractivity contribution in [2.75, 3.05) is 17.1 Å². The molecule has 0 aromatic heterocycles. The van der Waals surface area contributed by atoms with E-state index in [0.29, 0.717) is 27.7 Å². The number of nitrogens with zero attached hydrogens (tertiary/aromatic N) is 2. The quantitative estimate of drug-likeness (QED) is 0.403. The molecule has 0 radical (unpaired) electrons. The maximum absolute atomic E-state index is 13.8. The van der Waals surface area contributed by atoms with Crippen LogP contribution >= 0.6 is 23.2 Å². The molecule has 2 amide bonds. The van der Waals surface area contributed by atoms with Crippen molar-refractivity contribution in [1.29, 1.82) is 0 Å². The third-order valence-electron chi connectivity index (χ3n) is 5.77. The molecule has 0 fully saturated rings. The fourth-order valence-electron chi connectivity index (χ4n) is 3.85. The molecular formula is C27H37Cl2N3O4S. The number of carbonyl (C=O) groups is 2. The van der Waals surface area contributed by atoms with Gasteiger partial charge in [0.25, 0.3) is 0 Å². The molecule has 0 aliphatic heterocycles. The molecule has 2 aromatic carbocycles. The molecule has 204 valence electrons. The Morgan fingerprint density at radius 1 is 1.03 bits per heavy atom. The highest BCUT2D eigenvalue weighted by Gasteiger charge is 2.33. The molecule has 37 heavy (non-hydrogen) atoms. The summed E-state index contributed by atoms with van der Waals surface area (Å²) in [7, 11) is -3.81. The standard InChI is InChI=1S/C27H37Cl2N3O4S/c1-8-24(26(34)30-27(4,5)6)31(16-20-9-12-21(28)15-23(20)29)25(33)17-32(37(7,35)36)22-13-10-19(11-14-22)18(2)3/h9-15,18,24H,8,16-17H2,1-7H3,(H,30,34)/t24-/m0/s1. The molecular weight excluding hydrogens is 533 g/mol. The molecule has 0 heterocycles. The fraction of sp³-hybridized carbons (Fsp3) is 0.481. The van der Waals surface area contributed by atoms with Crippen molar-refractivity contribution in [3.63, 3.8) is 0 Å². The van der Waals surface area contributed by atoms with E-state index in [0.717, 1.165) is 16.1 Å². The zero-order chi connectivity index (χ0) is 28.1. The van der Waals surface area contributed by atoms with Crippen molar-refractivity contribution in [2.24, 2.45) is 0 Å². The first-order valence-electron chi connectivity index (χ1n) is 12.2. The number of amides is 2. The first-order valence-corrected chi connectivity index (χ1v) is 14.8. The van der Waals surface area contributed by atoms with E-state index in [9.17, 15) is 18.0 Å². The summed E-state index contributed by atoms with van der Waals surface area (Å²) < 4.78 is 26.6. The van der Waals surface area contributed by atoms with Crippen molar-refractivity contribution in [3.8, 4) is 0 Å². The van der Waals surface area contributed by atoms with Gasteiger partial charge in [-0.2, -0.15) is 0 Å². The summed E-state index contributed by atoms with van der Waals surface area (Å²) >= 11 is 12.4. The molecule has 0 saturated heterocycles. The topological polar surface area (TPSA) is 86.8 Å². The number of halogens is 2. The molecule has 0 aliphatic carbocycles. The van der Waals surface area contributed by atoms with Gasteiger partial charge in [-0.1, -0.05) is 62.2 Å². The number of sulfonamides is 1. The summed E-state index contributed by atoms with van der Waals surface area (Å²) in [6.07, 6.45) is 1.38. The average molecular weight is 571 g/mol. The Labute approximate surface area is 231 Å². The smallest absolute Gasteiger partial charge is 0.244 e. The van der Waals surface area contributed by atoms with Crippen molar-refractivity contribution in [1.82, 2.24) is 10.2 Å². The first kappa shape index (κ1) is 30.9. The molecule has 0 spiro atoms. The number of carbonyl (C=O) groups excluding carboxylic acids is 2. The van der Waals surface area contributed by atoms with Crippen molar-refractivity contribution in [2.45, 2.75) is 72.0 Å². The Bertz CT molecular complexity index is 1210. The summed E-state index contributed by atoms with van der Waals surface area (Å²) in [5.41, 5.74) is 1.49. The summed E-state index contributed by atoms with van der Waals surface area (Å²) in [5.74, 6) is -0.588. The second-order valence-electron chi connectivity index (χ2n) is 10.4. The van der Waals surface area contributed by atoms with Gasteiger partial charge in [0.15, 0.2) is 0 Å². The molecule has 2 rings (SSSR count). The van der Waals surface area contributed by atoms with E-state index in [1.807, 2.05) is 46.8 Å². The molecule has 7 nitrogen and oxygen atoms in total. The van der Waals surface area contributed by atoms with Gasteiger partial charge >= 0.3 is 0 Å². The summed E-state index contributed by atoms with van der Waals surface area (Å²) in [6, 6.07) is 11.1. The van der Waals surface area contributed by atoms with Crippen molar-refractivity contribution >= 4 is 50.7 Å². The van der Waals surface area contributed by atoms with Crippen LogP contribution in [0.4, 0.5) is 5.69 Å². The zero-order valence-electron chi connectivity index (χ0n) is 22.5. The molecule has 0 unspecified atom stereocenters. The minimum absolute atomic E-state index is 0.00872. The van der Waals surface area contributed by atoms with Gasteiger partial charge in [0.2, 0.25) is 21.8 Å². The lowest BCUT2D eigenvalue weighted by Crippen LogP contribution is -2.55. The van der Waals surface area contributed by atoms with E-state index in [1.54, 1.807) is 37.3 Å². The Morgan fingerprint density at radius 3 is 2.08 bits per heavy atom. The number of hydrogen-bond acceptors (Lipinski definition) is 4. The van der Waals surface area contributed by atoms with Crippen LogP contribution in [0.3, 0.4) is 0 Å². The van der Waals surface area contributed by atoms with Crippen molar-refractivity contribution < 1.29 is 18.0 Å². The van der Waals surface area contributed by atoms with Gasteiger partial charge in [0.1, 0.15) is 12.6 Å². The lowest BCUT2D eigenvalue weighted by atomic mass is 10.0. The average Bonchev–Trinajstić information content (AvgIpc) is 2.76. The number of nitrogens with one attached hydrogen (secondary N) is 1. The third kappa shape index (κ3) is 8.90. The fourth-order valence-corrected chi connectivity index (χ4v) is 5.16. The first-order chi connectivity index (χ1) is 17.0. The molecule has 0 bridgehead atoms. The van der Waals surface area contributed by atoms with Crippen molar-refractivity contribution in [3.05, 3.63) is 63.6 Å². The SMILES string of the molecule is CC[C@@H](C(=O)NC(C)(C)C)N(Cc1ccc(Cl)cc1Cl)C(=O)CN(c1ccc(C(C)C)cc1)S(C)(=O)=O. The lowest BCUT2D eigenvalue weighted by molar-refractivity contribution is -0.141. The van der Waals surface area contributed by atoms with E-state index in [1.165, 1.54) is 4.90 Å². The normalized spacial score (nSPS) is 12.8. The second kappa shape index (κ2) is 12.5. The summed E-state index contributed by atoms with van der Waals surface area (Å²) in [6.45, 7) is 11.0. The van der Waals surface area contributed by atoms with Crippen LogP contribution in [0, 0.1) is 0 Å². The van der Waals surface area contributed by atoms with Crippen LogP contribution in [-0.2, 0) is 26.2 Å². The highest BCUT2D eigenvalue weighted by molar-refractivity contribution is 7.92. The molecule has 0 saturated carbocycles. The molecule has 2 aromatic rings. The van der Waals surface area contributed by atoms with Crippen LogP contribution in [-0.4, -0.2) is 49.5 Å². The van der Waals surface area contributed by atoms with E-state index < -0.39 is 34.1 Å². The van der Waals surface area contributed by atoms with Gasteiger partial charge in [-0.3, -0.25) is 13.9 Å². The van der Waals surface area contributed by atoms with Crippen LogP contribution in [0.2, 0.25) is 10.0 Å². The largest absolute Gasteiger partial charge is 0.350 e. The zero-order valence-corrected chi connectivity index (χ0v) is 24.8. The number of rotatable bonds is 10. The van der Waals surface area contributed by atoms with Gasteiger partial charge in [-0.15, -0.1) is 0 Å². The van der Waals surface area contributed by atoms with Gasteiger partial charge in [-0.25, -0.2) is 8.42 Å². The highest BCUT2D eigenvalue weighted by atomic mass is 35.5. The van der Waals surface area contributed by atoms with E-state index in [2.05, 4.69) is 5.32 Å².